The fraction of sp³-hybridized carbons (Fsp3) is 0. The van der Waals surface area contributed by atoms with Crippen molar-refractivity contribution in [1.29, 1.82) is 0 Å². The topological polar surface area (TPSA) is 115 Å². The third-order valence-electron chi connectivity index (χ3n) is 2.99. The minimum atomic E-state index is -3.91. The maximum Gasteiger partial charge on any atom is 0.238 e. The lowest BCUT2D eigenvalue weighted by Gasteiger charge is -2.11. The van der Waals surface area contributed by atoms with Crippen LogP contribution in [-0.4, -0.2) is 29.0 Å². The van der Waals surface area contributed by atoms with Gasteiger partial charge in [-0.05, 0) is 22.4 Å². The van der Waals surface area contributed by atoms with Crippen LogP contribution in [0.1, 0.15) is 0 Å². The van der Waals surface area contributed by atoms with Gasteiger partial charge in [-0.2, -0.15) is 5.21 Å². The van der Waals surface area contributed by atoms with E-state index in [-0.39, 0.29) is 10.7 Å². The number of rotatable bonds is 3. The summed E-state index contributed by atoms with van der Waals surface area (Å²) in [6.45, 7) is 0. The van der Waals surface area contributed by atoms with Crippen LogP contribution in [0.15, 0.2) is 53.4 Å². The molecular formula is C15H13N5O2S. The van der Waals surface area contributed by atoms with Gasteiger partial charge in [0.1, 0.15) is 0 Å². The van der Waals surface area contributed by atoms with Crippen molar-refractivity contribution < 1.29 is 8.42 Å². The van der Waals surface area contributed by atoms with Gasteiger partial charge in [-0.3, -0.25) is 0 Å². The summed E-state index contributed by atoms with van der Waals surface area (Å²) >= 11 is 0. The number of nitrogens with one attached hydrogen (secondary N) is 1. The molecule has 0 saturated heterocycles. The number of hydrogen-bond donors (Lipinski definition) is 2. The van der Waals surface area contributed by atoms with Gasteiger partial charge in [0, 0.05) is 0 Å². The molecule has 3 aromatic rings. The summed E-state index contributed by atoms with van der Waals surface area (Å²) in [6.07, 6.45) is 8.00. The molecule has 0 spiro atoms. The molecule has 1 aromatic heterocycles. The van der Waals surface area contributed by atoms with Crippen molar-refractivity contribution >= 4 is 10.0 Å². The Morgan fingerprint density at radius 2 is 1.70 bits per heavy atom. The monoisotopic (exact) mass is 327 g/mol. The number of terminal acetylenes is 1. The molecule has 0 saturated carbocycles. The fourth-order valence-electron chi connectivity index (χ4n) is 2.12. The van der Waals surface area contributed by atoms with E-state index in [9.17, 15) is 8.42 Å². The van der Waals surface area contributed by atoms with Crippen LogP contribution in [-0.2, 0) is 10.0 Å². The van der Waals surface area contributed by atoms with Crippen LogP contribution >= 0.6 is 0 Å². The molecule has 0 unspecified atom stereocenters. The van der Waals surface area contributed by atoms with Gasteiger partial charge in [-0.25, -0.2) is 13.6 Å². The summed E-state index contributed by atoms with van der Waals surface area (Å²) in [7, 11) is -3.91. The number of aromatic amines is 1. The predicted octanol–water partition coefficient (Wildman–Crippen LogP) is 1.43. The van der Waals surface area contributed by atoms with Gasteiger partial charge in [0.15, 0.2) is 0 Å². The fourth-order valence-corrected chi connectivity index (χ4v) is 2.88. The minimum absolute atomic E-state index is 0.0368. The molecule has 0 bridgehead atoms. The van der Waals surface area contributed by atoms with Crippen LogP contribution in [0.2, 0.25) is 0 Å². The molecule has 0 aliphatic heterocycles. The Morgan fingerprint density at radius 3 is 2.26 bits per heavy atom. The molecule has 1 heterocycles. The summed E-state index contributed by atoms with van der Waals surface area (Å²) in [5.41, 5.74) is 1.84. The van der Waals surface area contributed by atoms with Crippen molar-refractivity contribution in [3.05, 3.63) is 48.5 Å². The lowest BCUT2D eigenvalue weighted by atomic mass is 9.99. The maximum absolute atomic E-state index is 11.8. The highest BCUT2D eigenvalue weighted by Gasteiger charge is 2.22. The number of benzene rings is 2. The first-order valence-corrected chi connectivity index (χ1v) is 7.90. The van der Waals surface area contributed by atoms with E-state index in [2.05, 4.69) is 33.5 Å². The van der Waals surface area contributed by atoms with Gasteiger partial charge in [0.2, 0.25) is 15.8 Å². The highest BCUT2D eigenvalue weighted by Crippen LogP contribution is 2.34. The van der Waals surface area contributed by atoms with Gasteiger partial charge in [0.25, 0.3) is 0 Å². The highest BCUT2D eigenvalue weighted by molar-refractivity contribution is 7.89. The number of nitrogens with zero attached hydrogens (tertiary/aromatic N) is 3. The second-order valence-electron chi connectivity index (χ2n) is 4.33. The zero-order valence-corrected chi connectivity index (χ0v) is 12.7. The Morgan fingerprint density at radius 1 is 1.00 bits per heavy atom. The Hall–Kier alpha value is -3.02. The van der Waals surface area contributed by atoms with Crippen LogP contribution in [0.5, 0.6) is 0 Å². The van der Waals surface area contributed by atoms with Crippen LogP contribution in [0.3, 0.4) is 0 Å². The third-order valence-corrected chi connectivity index (χ3v) is 3.94. The average Bonchev–Trinajstić information content (AvgIpc) is 3.10. The van der Waals surface area contributed by atoms with Gasteiger partial charge in [0.05, 0.1) is 10.5 Å². The Kier molecular flexibility index (Phi) is 4.85. The Bertz CT molecular complexity index is 904. The molecular weight excluding hydrogens is 314 g/mol. The molecule has 116 valence electrons. The van der Waals surface area contributed by atoms with E-state index in [1.165, 1.54) is 6.07 Å². The van der Waals surface area contributed by atoms with Crippen LogP contribution in [0, 0.1) is 12.8 Å². The smallest absolute Gasteiger partial charge is 0.225 e. The molecule has 0 atom stereocenters. The molecule has 0 aliphatic carbocycles. The zero-order chi connectivity index (χ0) is 16.9. The van der Waals surface area contributed by atoms with Crippen LogP contribution in [0.4, 0.5) is 0 Å². The molecule has 0 radical (unpaired) electrons. The predicted molar refractivity (Wildman–Crippen MR) is 86.3 cm³/mol. The largest absolute Gasteiger partial charge is 0.238 e. The van der Waals surface area contributed by atoms with E-state index >= 15 is 0 Å². The summed E-state index contributed by atoms with van der Waals surface area (Å²) in [4.78, 5) is -0.0368. The first kappa shape index (κ1) is 16.4. The number of primary sulfonamides is 1. The quantitative estimate of drug-likeness (QED) is 0.706. The molecule has 0 fully saturated rings. The Labute approximate surface area is 133 Å². The molecule has 3 N–H and O–H groups in total. The van der Waals surface area contributed by atoms with Gasteiger partial charge >= 0.3 is 0 Å². The van der Waals surface area contributed by atoms with Gasteiger partial charge in [-0.15, -0.1) is 23.0 Å². The highest BCUT2D eigenvalue weighted by atomic mass is 32.2. The van der Waals surface area contributed by atoms with E-state index in [1.54, 1.807) is 12.1 Å². The second-order valence-corrected chi connectivity index (χ2v) is 5.85. The number of tetrazole rings is 1. The minimum Gasteiger partial charge on any atom is -0.225 e. The Balaban J connectivity index is 0.000000924. The molecule has 0 amide bonds. The summed E-state index contributed by atoms with van der Waals surface area (Å²) in [5.74, 6) is 0.179. The average molecular weight is 327 g/mol. The molecule has 3 rings (SSSR count). The van der Waals surface area contributed by atoms with Crippen molar-refractivity contribution in [2.24, 2.45) is 5.14 Å². The standard InChI is InChI=1S/C13H11N5O2S.C2H2/c14-21(19,20)11-8-4-7-10(9-5-2-1-3-6-9)12(11)13-15-17-18-16-13;1-2/h1-8H,(H2,14,19,20)(H,15,16,17,18);1-2H. The van der Waals surface area contributed by atoms with Crippen molar-refractivity contribution in [1.82, 2.24) is 20.6 Å². The first-order valence-electron chi connectivity index (χ1n) is 6.36. The number of hydrogen-bond acceptors (Lipinski definition) is 5. The van der Waals surface area contributed by atoms with Crippen LogP contribution in [0.25, 0.3) is 22.5 Å². The number of sulfonamides is 1. The molecule has 0 aliphatic rings. The first-order chi connectivity index (χ1) is 11.1. The van der Waals surface area contributed by atoms with Crippen LogP contribution < -0.4 is 5.14 Å². The lowest BCUT2D eigenvalue weighted by Crippen LogP contribution is -2.14. The van der Waals surface area contributed by atoms with Gasteiger partial charge < -0.3 is 0 Å². The second kappa shape index (κ2) is 6.83. The van der Waals surface area contributed by atoms with E-state index in [0.717, 1.165) is 5.56 Å². The summed E-state index contributed by atoms with van der Waals surface area (Å²) < 4.78 is 23.6. The zero-order valence-electron chi connectivity index (χ0n) is 11.9. The number of H-pyrrole nitrogens is 1. The molecule has 8 heteroatoms. The maximum atomic E-state index is 11.8. The summed E-state index contributed by atoms with van der Waals surface area (Å²) in [5, 5.41) is 18.9. The van der Waals surface area contributed by atoms with E-state index in [4.69, 9.17) is 5.14 Å². The normalized spacial score (nSPS) is 10.6. The van der Waals surface area contributed by atoms with Crippen molar-refractivity contribution in [2.75, 3.05) is 0 Å². The van der Waals surface area contributed by atoms with E-state index in [0.29, 0.717) is 11.1 Å². The SMILES string of the molecule is C#C.NS(=O)(=O)c1cccc(-c2ccccc2)c1-c1nn[nH]n1. The molecule has 2 aromatic carbocycles. The number of aromatic nitrogens is 4. The molecule has 7 nitrogen and oxygen atoms in total. The van der Waals surface area contributed by atoms with Crippen molar-refractivity contribution in [2.45, 2.75) is 4.90 Å². The third kappa shape index (κ3) is 3.42. The van der Waals surface area contributed by atoms with E-state index in [1.807, 2.05) is 30.3 Å². The van der Waals surface area contributed by atoms with Gasteiger partial charge in [-0.1, -0.05) is 42.5 Å². The van der Waals surface area contributed by atoms with Crippen molar-refractivity contribution in [3.8, 4) is 35.4 Å². The van der Waals surface area contributed by atoms with Crippen molar-refractivity contribution in [3.63, 3.8) is 0 Å². The number of nitrogens with two attached hydrogens (primary N) is 1. The summed E-state index contributed by atoms with van der Waals surface area (Å²) in [6, 6.07) is 14.2. The van der Waals surface area contributed by atoms with E-state index < -0.39 is 10.0 Å². The lowest BCUT2D eigenvalue weighted by molar-refractivity contribution is 0.598. The molecule has 23 heavy (non-hydrogen) atoms.